The Morgan fingerprint density at radius 2 is 1.62 bits per heavy atom. The predicted molar refractivity (Wildman–Crippen MR) is 128 cm³/mol. The lowest BCUT2D eigenvalue weighted by molar-refractivity contribution is -0.119. The number of carbonyl (C=O) groups is 1. The SMILES string of the molecule is CCCCc1ccc(N(C(=O)COc2ccccc2Cl)S(=O)(=O)c2ccc(C)cc2)cc1. The largest absolute Gasteiger partial charge is 0.482 e. The fourth-order valence-electron chi connectivity index (χ4n) is 3.17. The smallest absolute Gasteiger partial charge is 0.278 e. The second kappa shape index (κ2) is 10.7. The van der Waals surface area contributed by atoms with E-state index in [0.29, 0.717) is 10.8 Å². The van der Waals surface area contributed by atoms with Gasteiger partial charge in [-0.1, -0.05) is 66.9 Å². The Balaban J connectivity index is 1.94. The first-order valence-corrected chi connectivity index (χ1v) is 12.3. The van der Waals surface area contributed by atoms with Crippen molar-refractivity contribution >= 4 is 33.2 Å². The highest BCUT2D eigenvalue weighted by molar-refractivity contribution is 7.93. The molecule has 0 unspecified atom stereocenters. The summed E-state index contributed by atoms with van der Waals surface area (Å²) in [5, 5.41) is 0.341. The van der Waals surface area contributed by atoms with E-state index in [1.165, 1.54) is 12.1 Å². The lowest BCUT2D eigenvalue weighted by Crippen LogP contribution is -2.40. The maximum absolute atomic E-state index is 13.4. The minimum Gasteiger partial charge on any atom is -0.482 e. The number of para-hydroxylation sites is 1. The molecule has 3 aromatic rings. The number of benzene rings is 3. The molecule has 0 saturated carbocycles. The quantitative estimate of drug-likeness (QED) is 0.396. The summed E-state index contributed by atoms with van der Waals surface area (Å²) >= 11 is 6.10. The summed E-state index contributed by atoms with van der Waals surface area (Å²) in [6.07, 6.45) is 2.99. The van der Waals surface area contributed by atoms with E-state index in [-0.39, 0.29) is 10.6 Å². The number of aryl methyl sites for hydroxylation is 2. The van der Waals surface area contributed by atoms with Crippen molar-refractivity contribution in [3.05, 3.63) is 88.9 Å². The zero-order valence-electron chi connectivity index (χ0n) is 18.1. The molecule has 0 fully saturated rings. The van der Waals surface area contributed by atoms with Gasteiger partial charge in [0.15, 0.2) is 6.61 Å². The number of halogens is 1. The van der Waals surface area contributed by atoms with Gasteiger partial charge in [0.05, 0.1) is 15.6 Å². The van der Waals surface area contributed by atoms with Crippen LogP contribution in [0.15, 0.2) is 77.7 Å². The average Bonchev–Trinajstić information content (AvgIpc) is 2.78. The minimum atomic E-state index is -4.14. The summed E-state index contributed by atoms with van der Waals surface area (Å²) in [5.74, 6) is -0.406. The number of amides is 1. The van der Waals surface area contributed by atoms with Gasteiger partial charge in [-0.25, -0.2) is 8.42 Å². The van der Waals surface area contributed by atoms with Gasteiger partial charge in [0.1, 0.15) is 5.75 Å². The Morgan fingerprint density at radius 1 is 0.969 bits per heavy atom. The molecule has 0 N–H and O–H groups in total. The van der Waals surface area contributed by atoms with Gasteiger partial charge in [0.25, 0.3) is 15.9 Å². The van der Waals surface area contributed by atoms with Crippen LogP contribution in [0.5, 0.6) is 5.75 Å². The second-order valence-electron chi connectivity index (χ2n) is 7.47. The molecule has 3 aromatic carbocycles. The minimum absolute atomic E-state index is 0.0317. The molecule has 0 saturated heterocycles. The van der Waals surface area contributed by atoms with Crippen LogP contribution in [-0.2, 0) is 21.2 Å². The Morgan fingerprint density at radius 3 is 2.25 bits per heavy atom. The second-order valence-corrected chi connectivity index (χ2v) is 9.66. The van der Waals surface area contributed by atoms with E-state index in [4.69, 9.17) is 16.3 Å². The fourth-order valence-corrected chi connectivity index (χ4v) is 4.77. The van der Waals surface area contributed by atoms with Crippen molar-refractivity contribution in [3.63, 3.8) is 0 Å². The molecule has 0 aliphatic heterocycles. The molecule has 0 heterocycles. The lowest BCUT2D eigenvalue weighted by Gasteiger charge is -2.23. The molecule has 0 aliphatic rings. The van der Waals surface area contributed by atoms with Gasteiger partial charge in [-0.05, 0) is 61.7 Å². The van der Waals surface area contributed by atoms with Gasteiger partial charge in [0.2, 0.25) is 0 Å². The molecule has 0 aromatic heterocycles. The first-order valence-electron chi connectivity index (χ1n) is 10.4. The van der Waals surface area contributed by atoms with Crippen LogP contribution in [0.25, 0.3) is 0 Å². The Hall–Kier alpha value is -2.83. The topological polar surface area (TPSA) is 63.7 Å². The van der Waals surface area contributed by atoms with Gasteiger partial charge in [-0.2, -0.15) is 4.31 Å². The fraction of sp³-hybridized carbons (Fsp3) is 0.240. The molecular weight excluding hydrogens is 446 g/mol. The van der Waals surface area contributed by atoms with Crippen LogP contribution in [0.1, 0.15) is 30.9 Å². The van der Waals surface area contributed by atoms with E-state index in [0.717, 1.165) is 34.7 Å². The molecular formula is C25H26ClNO4S. The Kier molecular flexibility index (Phi) is 7.94. The number of unbranched alkanes of at least 4 members (excludes halogenated alkanes) is 1. The third-order valence-corrected chi connectivity index (χ3v) is 7.04. The highest BCUT2D eigenvalue weighted by Gasteiger charge is 2.31. The summed E-state index contributed by atoms with van der Waals surface area (Å²) < 4.78 is 33.2. The molecule has 0 atom stereocenters. The van der Waals surface area contributed by atoms with Crippen LogP contribution in [0.3, 0.4) is 0 Å². The van der Waals surface area contributed by atoms with Crippen LogP contribution in [-0.4, -0.2) is 20.9 Å². The van der Waals surface area contributed by atoms with Crippen molar-refractivity contribution in [2.45, 2.75) is 38.0 Å². The lowest BCUT2D eigenvalue weighted by atomic mass is 10.1. The molecule has 5 nitrogen and oxygen atoms in total. The first-order chi connectivity index (χ1) is 15.3. The van der Waals surface area contributed by atoms with Crippen LogP contribution < -0.4 is 9.04 Å². The van der Waals surface area contributed by atoms with E-state index in [1.54, 1.807) is 48.5 Å². The van der Waals surface area contributed by atoms with Crippen molar-refractivity contribution in [1.29, 1.82) is 0 Å². The van der Waals surface area contributed by atoms with E-state index in [9.17, 15) is 13.2 Å². The first kappa shape index (κ1) is 23.8. The maximum Gasteiger partial charge on any atom is 0.278 e. The summed E-state index contributed by atoms with van der Waals surface area (Å²) in [6, 6.07) is 20.1. The van der Waals surface area contributed by atoms with E-state index >= 15 is 0 Å². The van der Waals surface area contributed by atoms with Crippen molar-refractivity contribution in [2.75, 3.05) is 10.9 Å². The molecule has 3 rings (SSSR count). The van der Waals surface area contributed by atoms with E-state index in [2.05, 4.69) is 6.92 Å². The van der Waals surface area contributed by atoms with Gasteiger partial charge < -0.3 is 4.74 Å². The Bertz CT molecular complexity index is 1160. The average molecular weight is 472 g/mol. The molecule has 0 aliphatic carbocycles. The highest BCUT2D eigenvalue weighted by atomic mass is 35.5. The van der Waals surface area contributed by atoms with E-state index in [1.807, 2.05) is 19.1 Å². The van der Waals surface area contributed by atoms with Gasteiger partial charge in [0, 0.05) is 0 Å². The van der Waals surface area contributed by atoms with Crippen molar-refractivity contribution in [1.82, 2.24) is 0 Å². The summed E-state index contributed by atoms with van der Waals surface area (Å²) in [7, 11) is -4.14. The van der Waals surface area contributed by atoms with Gasteiger partial charge in [-0.15, -0.1) is 0 Å². The maximum atomic E-state index is 13.4. The zero-order valence-corrected chi connectivity index (χ0v) is 19.7. The van der Waals surface area contributed by atoms with Crippen molar-refractivity contribution in [2.24, 2.45) is 0 Å². The molecule has 7 heteroatoms. The molecule has 32 heavy (non-hydrogen) atoms. The summed E-state index contributed by atoms with van der Waals surface area (Å²) in [5.41, 5.74) is 2.27. The summed E-state index contributed by atoms with van der Waals surface area (Å²) in [6.45, 7) is 3.50. The van der Waals surface area contributed by atoms with Crippen molar-refractivity contribution < 1.29 is 17.9 Å². The number of rotatable bonds is 9. The molecule has 0 bridgehead atoms. The van der Waals surface area contributed by atoms with Crippen molar-refractivity contribution in [3.8, 4) is 5.75 Å². The van der Waals surface area contributed by atoms with Crippen LogP contribution in [0.4, 0.5) is 5.69 Å². The monoisotopic (exact) mass is 471 g/mol. The van der Waals surface area contributed by atoms with Crippen LogP contribution in [0.2, 0.25) is 5.02 Å². The van der Waals surface area contributed by atoms with Crippen LogP contribution in [0, 0.1) is 6.92 Å². The number of hydrogen-bond acceptors (Lipinski definition) is 4. The van der Waals surface area contributed by atoms with Gasteiger partial charge in [-0.3, -0.25) is 4.79 Å². The number of carbonyl (C=O) groups excluding carboxylic acids is 1. The standard InChI is InChI=1S/C25H26ClNO4S/c1-3-4-7-20-12-14-21(15-13-20)27(32(29,30)22-16-10-19(2)11-17-22)25(28)18-31-24-9-6-5-8-23(24)26/h5-6,8-17H,3-4,7,18H2,1-2H3. The number of hydrogen-bond donors (Lipinski definition) is 0. The Labute approximate surface area is 194 Å². The highest BCUT2D eigenvalue weighted by Crippen LogP contribution is 2.27. The molecule has 0 radical (unpaired) electrons. The number of nitrogens with zero attached hydrogens (tertiary/aromatic N) is 1. The van der Waals surface area contributed by atoms with E-state index < -0.39 is 22.5 Å². The number of anilines is 1. The third-order valence-electron chi connectivity index (χ3n) is 4.96. The summed E-state index contributed by atoms with van der Waals surface area (Å²) in [4.78, 5) is 13.2. The molecule has 0 spiro atoms. The van der Waals surface area contributed by atoms with Gasteiger partial charge >= 0.3 is 0 Å². The predicted octanol–water partition coefficient (Wildman–Crippen LogP) is 5.79. The normalized spacial score (nSPS) is 11.2. The molecule has 168 valence electrons. The van der Waals surface area contributed by atoms with Crippen LogP contribution >= 0.6 is 11.6 Å². The third kappa shape index (κ3) is 5.69. The number of ether oxygens (including phenoxy) is 1. The number of sulfonamides is 1. The zero-order chi connectivity index (χ0) is 23.1. The molecule has 1 amide bonds.